The van der Waals surface area contributed by atoms with Gasteiger partial charge in [-0.3, -0.25) is 9.59 Å². The van der Waals surface area contributed by atoms with Gasteiger partial charge >= 0.3 is 11.9 Å². The lowest BCUT2D eigenvalue weighted by Gasteiger charge is -2.64. The highest BCUT2D eigenvalue weighted by Gasteiger charge is 2.71. The first-order valence-electron chi connectivity index (χ1n) is 13.6. The molecule has 2 bridgehead atoms. The zero-order valence-electron chi connectivity index (χ0n) is 22.7. The van der Waals surface area contributed by atoms with Gasteiger partial charge < -0.3 is 19.3 Å². The second-order valence-electron chi connectivity index (χ2n) is 12.8. The minimum absolute atomic E-state index is 0.0427. The van der Waals surface area contributed by atoms with E-state index in [-0.39, 0.29) is 46.5 Å². The molecule has 1 spiro atoms. The Bertz CT molecular complexity index is 1130. The first kappa shape index (κ1) is 26.1. The van der Waals surface area contributed by atoms with Crippen LogP contribution in [0.15, 0.2) is 18.2 Å². The number of ether oxygens (including phenoxy) is 3. The van der Waals surface area contributed by atoms with Crippen LogP contribution in [-0.4, -0.2) is 43.7 Å². The Kier molecular flexibility index (Phi) is 6.15. The number of carbonyl (C=O) groups excluding carboxylic acids is 2. The molecule has 4 fully saturated rings. The number of methoxy groups -OCH3 is 2. The molecule has 7 atom stereocenters. The average molecular weight is 513 g/mol. The van der Waals surface area contributed by atoms with Crippen molar-refractivity contribution in [3.8, 4) is 11.5 Å². The maximum absolute atomic E-state index is 13.9. The molecule has 5 rings (SSSR count). The second kappa shape index (κ2) is 8.74. The Balaban J connectivity index is 1.46. The van der Waals surface area contributed by atoms with E-state index in [0.29, 0.717) is 17.9 Å². The molecule has 1 aromatic carbocycles. The summed E-state index contributed by atoms with van der Waals surface area (Å²) < 4.78 is 16.6. The lowest BCUT2D eigenvalue weighted by molar-refractivity contribution is -0.189. The summed E-state index contributed by atoms with van der Waals surface area (Å²) in [5, 5.41) is 10.2. The SMILES string of the molecule is COc1cccc(C(=O)OC[C@@H]2C(=O)[C@@]3(C)CC[C@H]4[C@]5(C)CCC[C@@](C)(C(=O)O)[C@H]5CC[C@@]24C3)c1OC. The lowest BCUT2D eigenvalue weighted by Crippen LogP contribution is -2.60. The Hall–Kier alpha value is -2.57. The Morgan fingerprint density at radius 2 is 1.73 bits per heavy atom. The monoisotopic (exact) mass is 512 g/mol. The van der Waals surface area contributed by atoms with Crippen molar-refractivity contribution in [1.29, 1.82) is 0 Å². The topological polar surface area (TPSA) is 99.1 Å². The number of carboxylic acid groups (broad SMARTS) is 1. The summed E-state index contributed by atoms with van der Waals surface area (Å²) in [5.41, 5.74) is -1.27. The molecule has 202 valence electrons. The number of esters is 1. The van der Waals surface area contributed by atoms with Gasteiger partial charge in [0.15, 0.2) is 11.5 Å². The van der Waals surface area contributed by atoms with Crippen molar-refractivity contribution in [2.75, 3.05) is 20.8 Å². The molecule has 0 aliphatic heterocycles. The van der Waals surface area contributed by atoms with E-state index in [0.717, 1.165) is 44.9 Å². The van der Waals surface area contributed by atoms with Gasteiger partial charge in [-0.1, -0.05) is 26.3 Å². The molecule has 4 saturated carbocycles. The number of fused-ring (bicyclic) bond motifs is 3. The van der Waals surface area contributed by atoms with Crippen LogP contribution in [0.2, 0.25) is 0 Å². The van der Waals surface area contributed by atoms with Crippen LogP contribution in [0.5, 0.6) is 11.5 Å². The van der Waals surface area contributed by atoms with Crippen molar-refractivity contribution in [1.82, 2.24) is 0 Å². The minimum Gasteiger partial charge on any atom is -0.493 e. The number of para-hydroxylation sites is 1. The largest absolute Gasteiger partial charge is 0.493 e. The van der Waals surface area contributed by atoms with Gasteiger partial charge in [-0.25, -0.2) is 4.79 Å². The number of carboxylic acids is 1. The van der Waals surface area contributed by atoms with Crippen LogP contribution >= 0.6 is 0 Å². The van der Waals surface area contributed by atoms with Crippen LogP contribution in [0, 0.1) is 39.4 Å². The second-order valence-corrected chi connectivity index (χ2v) is 12.8. The predicted molar refractivity (Wildman–Crippen MR) is 137 cm³/mol. The number of benzene rings is 1. The van der Waals surface area contributed by atoms with Gasteiger partial charge in [-0.15, -0.1) is 0 Å². The van der Waals surface area contributed by atoms with Crippen molar-refractivity contribution < 1.29 is 33.7 Å². The molecule has 0 saturated heterocycles. The Morgan fingerprint density at radius 1 is 1.00 bits per heavy atom. The Morgan fingerprint density at radius 3 is 2.41 bits per heavy atom. The van der Waals surface area contributed by atoms with Gasteiger partial charge in [0.25, 0.3) is 0 Å². The quantitative estimate of drug-likeness (QED) is 0.499. The van der Waals surface area contributed by atoms with Gasteiger partial charge in [0.1, 0.15) is 18.0 Å². The number of carbonyl (C=O) groups is 3. The molecular formula is C30H40O7. The average Bonchev–Trinajstić information content (AvgIpc) is 3.02. The molecule has 37 heavy (non-hydrogen) atoms. The molecule has 1 N–H and O–H groups in total. The first-order valence-corrected chi connectivity index (χ1v) is 13.6. The van der Waals surface area contributed by atoms with Gasteiger partial charge in [-0.2, -0.15) is 0 Å². The summed E-state index contributed by atoms with van der Waals surface area (Å²) in [7, 11) is 3.00. The van der Waals surface area contributed by atoms with E-state index in [9.17, 15) is 19.5 Å². The number of hydrogen-bond donors (Lipinski definition) is 1. The third kappa shape index (κ3) is 3.55. The van der Waals surface area contributed by atoms with Crippen molar-refractivity contribution in [2.45, 2.75) is 72.1 Å². The third-order valence-electron chi connectivity index (χ3n) is 11.2. The highest BCUT2D eigenvalue weighted by molar-refractivity contribution is 5.94. The molecule has 0 aromatic heterocycles. The highest BCUT2D eigenvalue weighted by Crippen LogP contribution is 2.74. The van der Waals surface area contributed by atoms with Crippen LogP contribution in [-0.2, 0) is 14.3 Å². The highest BCUT2D eigenvalue weighted by atomic mass is 16.5. The van der Waals surface area contributed by atoms with Crippen molar-refractivity contribution >= 4 is 17.7 Å². The minimum atomic E-state index is -0.733. The van der Waals surface area contributed by atoms with Gasteiger partial charge in [0, 0.05) is 5.41 Å². The van der Waals surface area contributed by atoms with E-state index in [4.69, 9.17) is 14.2 Å². The molecule has 7 heteroatoms. The number of Topliss-reactive ketones (excluding diaryl/α,β-unsaturated/α-hetero) is 1. The van der Waals surface area contributed by atoms with Crippen LogP contribution in [0.3, 0.4) is 0 Å². The molecule has 1 aromatic rings. The molecule has 0 heterocycles. The van der Waals surface area contributed by atoms with Crippen molar-refractivity contribution in [2.24, 2.45) is 39.4 Å². The van der Waals surface area contributed by atoms with E-state index in [1.807, 2.05) is 6.92 Å². The standard InChI is InChI=1S/C30H40O7/c1-27-14-10-22-28(2)12-7-13-29(3,26(33)34)21(28)11-15-30(22,17-27)19(24(27)31)16-37-25(32)18-8-6-9-20(35-4)23(18)36-5/h6,8-9,19,21-22H,7,10-17H2,1-5H3,(H,33,34)/t19-,21+,22+,27+,28-,29-,30-/m1/s1. The van der Waals surface area contributed by atoms with Crippen LogP contribution in [0.1, 0.15) is 82.5 Å². The fourth-order valence-electron chi connectivity index (χ4n) is 9.54. The van der Waals surface area contributed by atoms with E-state index in [1.165, 1.54) is 14.2 Å². The molecule has 7 nitrogen and oxygen atoms in total. The van der Waals surface area contributed by atoms with E-state index in [1.54, 1.807) is 18.2 Å². The zero-order valence-corrected chi connectivity index (χ0v) is 22.7. The summed E-state index contributed by atoms with van der Waals surface area (Å²) in [4.78, 5) is 39.5. The third-order valence-corrected chi connectivity index (χ3v) is 11.2. The van der Waals surface area contributed by atoms with Gasteiger partial charge in [0.05, 0.1) is 25.6 Å². The Labute approximate surface area is 219 Å². The summed E-state index contributed by atoms with van der Waals surface area (Å²) in [6, 6.07) is 5.08. The molecule has 4 aliphatic carbocycles. The van der Waals surface area contributed by atoms with E-state index < -0.39 is 22.8 Å². The fraction of sp³-hybridized carbons (Fsp3) is 0.700. The van der Waals surface area contributed by atoms with Crippen LogP contribution < -0.4 is 9.47 Å². The molecule has 0 amide bonds. The normalized spacial score (nSPS) is 40.4. The smallest absolute Gasteiger partial charge is 0.342 e. The lowest BCUT2D eigenvalue weighted by atomic mass is 9.39. The fourth-order valence-corrected chi connectivity index (χ4v) is 9.54. The number of ketones is 1. The van der Waals surface area contributed by atoms with Gasteiger partial charge in [-0.05, 0) is 86.7 Å². The van der Waals surface area contributed by atoms with Crippen molar-refractivity contribution in [3.05, 3.63) is 23.8 Å². The molecule has 4 aliphatic rings. The predicted octanol–water partition coefficient (Wildman–Crippen LogP) is 5.54. The van der Waals surface area contributed by atoms with Crippen molar-refractivity contribution in [3.63, 3.8) is 0 Å². The summed E-state index contributed by atoms with van der Waals surface area (Å²) in [5.74, 6) is -0.294. The molecular weight excluding hydrogens is 472 g/mol. The number of aliphatic carboxylic acids is 1. The maximum Gasteiger partial charge on any atom is 0.342 e. The van der Waals surface area contributed by atoms with Crippen LogP contribution in [0.25, 0.3) is 0 Å². The van der Waals surface area contributed by atoms with Gasteiger partial charge in [0.2, 0.25) is 0 Å². The van der Waals surface area contributed by atoms with Crippen LogP contribution in [0.4, 0.5) is 0 Å². The van der Waals surface area contributed by atoms with E-state index >= 15 is 0 Å². The first-order chi connectivity index (χ1) is 17.5. The summed E-state index contributed by atoms with van der Waals surface area (Å²) in [6.07, 6.45) is 6.76. The number of rotatable bonds is 6. The zero-order chi connectivity index (χ0) is 26.8. The maximum atomic E-state index is 13.9. The molecule has 0 radical (unpaired) electrons. The summed E-state index contributed by atoms with van der Waals surface area (Å²) >= 11 is 0. The van der Waals surface area contributed by atoms with E-state index in [2.05, 4.69) is 13.8 Å². The number of hydrogen-bond acceptors (Lipinski definition) is 6. The summed E-state index contributed by atoms with van der Waals surface area (Å²) in [6.45, 7) is 6.35. The molecule has 0 unspecified atom stereocenters.